The summed E-state index contributed by atoms with van der Waals surface area (Å²) in [4.78, 5) is 16.8. The number of nitrogens with one attached hydrogen (secondary N) is 1. The molecule has 6 nitrogen and oxygen atoms in total. The third kappa shape index (κ3) is 1.22. The van der Waals surface area contributed by atoms with Crippen molar-refractivity contribution in [1.29, 1.82) is 0 Å². The van der Waals surface area contributed by atoms with E-state index in [1.165, 1.54) is 6.07 Å². The van der Waals surface area contributed by atoms with Crippen LogP contribution in [0.5, 0.6) is 0 Å². The third-order valence-electron chi connectivity index (χ3n) is 1.79. The maximum Gasteiger partial charge on any atom is 0.285 e. The first kappa shape index (κ1) is 8.95. The normalized spacial score (nSPS) is 10.6. The van der Waals surface area contributed by atoms with Crippen LogP contribution in [0.1, 0.15) is 0 Å². The van der Waals surface area contributed by atoms with Crippen molar-refractivity contribution in [2.45, 2.75) is 0 Å². The van der Waals surface area contributed by atoms with Crippen molar-refractivity contribution < 1.29 is 4.92 Å². The Morgan fingerprint density at radius 2 is 2.29 bits per heavy atom. The number of hydrogen-bond acceptors (Lipinski definition) is 4. The van der Waals surface area contributed by atoms with Crippen LogP contribution in [-0.4, -0.2) is 14.9 Å². The van der Waals surface area contributed by atoms with Gasteiger partial charge in [-0.2, -0.15) is 0 Å². The quantitative estimate of drug-likeness (QED) is 0.601. The molecule has 14 heavy (non-hydrogen) atoms. The lowest BCUT2D eigenvalue weighted by Gasteiger charge is -1.94. The van der Waals surface area contributed by atoms with E-state index in [0.29, 0.717) is 15.5 Å². The number of nitro groups is 1. The van der Waals surface area contributed by atoms with Crippen LogP contribution in [0.4, 0.5) is 11.6 Å². The van der Waals surface area contributed by atoms with Crippen molar-refractivity contribution in [1.82, 2.24) is 9.97 Å². The Morgan fingerprint density at radius 3 is 2.93 bits per heavy atom. The zero-order valence-electron chi connectivity index (χ0n) is 6.82. The molecule has 72 valence electrons. The van der Waals surface area contributed by atoms with Crippen LogP contribution in [0, 0.1) is 10.1 Å². The molecule has 0 bridgehead atoms. The molecule has 2 aromatic rings. The standard InChI is InChI=1S/C7H5BrN4O2/c8-5-4(12(13)14)2-1-3-6(5)11-7(9)10-3/h1-2H,(H3,9,10,11). The number of nitrogens with zero attached hydrogens (tertiary/aromatic N) is 2. The molecule has 0 aliphatic heterocycles. The second-order valence-corrected chi connectivity index (χ2v) is 3.47. The summed E-state index contributed by atoms with van der Waals surface area (Å²) < 4.78 is 0.341. The topological polar surface area (TPSA) is 97.8 Å². The highest BCUT2D eigenvalue weighted by molar-refractivity contribution is 9.10. The zero-order chi connectivity index (χ0) is 10.3. The maximum atomic E-state index is 10.6. The summed E-state index contributed by atoms with van der Waals surface area (Å²) in [6, 6.07) is 2.96. The molecule has 7 heteroatoms. The maximum absolute atomic E-state index is 10.6. The number of aromatic nitrogens is 2. The van der Waals surface area contributed by atoms with Gasteiger partial charge in [-0.25, -0.2) is 4.98 Å². The van der Waals surface area contributed by atoms with Crippen LogP contribution in [0.3, 0.4) is 0 Å². The Balaban J connectivity index is 2.80. The first-order valence-corrected chi connectivity index (χ1v) is 4.47. The van der Waals surface area contributed by atoms with Crippen LogP contribution in [0.15, 0.2) is 16.6 Å². The Bertz CT molecular complexity index is 522. The lowest BCUT2D eigenvalue weighted by molar-refractivity contribution is -0.385. The van der Waals surface area contributed by atoms with Crippen molar-refractivity contribution in [2.24, 2.45) is 0 Å². The largest absolute Gasteiger partial charge is 0.369 e. The molecule has 0 atom stereocenters. The van der Waals surface area contributed by atoms with Gasteiger partial charge in [-0.1, -0.05) is 0 Å². The van der Waals surface area contributed by atoms with E-state index in [1.807, 2.05) is 0 Å². The molecule has 0 radical (unpaired) electrons. The summed E-state index contributed by atoms with van der Waals surface area (Å²) in [5.74, 6) is 0.237. The smallest absolute Gasteiger partial charge is 0.285 e. The van der Waals surface area contributed by atoms with Crippen LogP contribution < -0.4 is 5.73 Å². The van der Waals surface area contributed by atoms with E-state index in [1.54, 1.807) is 6.07 Å². The first-order chi connectivity index (χ1) is 6.59. The molecule has 0 saturated heterocycles. The van der Waals surface area contributed by atoms with E-state index in [0.717, 1.165) is 0 Å². The van der Waals surface area contributed by atoms with E-state index in [9.17, 15) is 10.1 Å². The van der Waals surface area contributed by atoms with Gasteiger partial charge >= 0.3 is 0 Å². The summed E-state index contributed by atoms with van der Waals surface area (Å²) in [6.07, 6.45) is 0. The number of rotatable bonds is 1. The molecule has 0 spiro atoms. The number of benzene rings is 1. The van der Waals surface area contributed by atoms with Gasteiger partial charge < -0.3 is 10.7 Å². The van der Waals surface area contributed by atoms with Crippen LogP contribution >= 0.6 is 15.9 Å². The van der Waals surface area contributed by atoms with Gasteiger partial charge in [0.15, 0.2) is 5.95 Å². The molecule has 0 saturated carbocycles. The highest BCUT2D eigenvalue weighted by Crippen LogP contribution is 2.31. The Labute approximate surface area is 86.4 Å². The first-order valence-electron chi connectivity index (χ1n) is 3.67. The van der Waals surface area contributed by atoms with Crippen LogP contribution in [0.25, 0.3) is 11.0 Å². The van der Waals surface area contributed by atoms with Crippen molar-refractivity contribution >= 4 is 38.6 Å². The average Bonchev–Trinajstić information content (AvgIpc) is 2.46. The fourth-order valence-corrected chi connectivity index (χ4v) is 1.77. The molecule has 0 aliphatic carbocycles. The van der Waals surface area contributed by atoms with E-state index in [-0.39, 0.29) is 11.6 Å². The molecule has 0 unspecified atom stereocenters. The van der Waals surface area contributed by atoms with Gasteiger partial charge in [0, 0.05) is 6.07 Å². The van der Waals surface area contributed by atoms with Gasteiger partial charge in [0.1, 0.15) is 9.99 Å². The molecule has 2 rings (SSSR count). The number of nitrogen functional groups attached to an aromatic ring is 1. The van der Waals surface area contributed by atoms with Gasteiger partial charge in [0.25, 0.3) is 5.69 Å². The molecular formula is C7H5BrN4O2. The van der Waals surface area contributed by atoms with E-state index in [4.69, 9.17) is 5.73 Å². The number of hydrogen-bond donors (Lipinski definition) is 2. The minimum atomic E-state index is -0.478. The lowest BCUT2D eigenvalue weighted by atomic mass is 10.3. The molecule has 3 N–H and O–H groups in total. The number of H-pyrrole nitrogens is 1. The van der Waals surface area contributed by atoms with Gasteiger partial charge in [-0.15, -0.1) is 0 Å². The summed E-state index contributed by atoms with van der Waals surface area (Å²) >= 11 is 3.12. The summed E-state index contributed by atoms with van der Waals surface area (Å²) in [6.45, 7) is 0. The average molecular weight is 257 g/mol. The Kier molecular flexibility index (Phi) is 1.88. The van der Waals surface area contributed by atoms with Gasteiger partial charge in [-0.3, -0.25) is 10.1 Å². The van der Waals surface area contributed by atoms with E-state index in [2.05, 4.69) is 25.9 Å². The van der Waals surface area contributed by atoms with Crippen LogP contribution in [-0.2, 0) is 0 Å². The van der Waals surface area contributed by atoms with Gasteiger partial charge in [-0.05, 0) is 22.0 Å². The molecule has 0 fully saturated rings. The minimum absolute atomic E-state index is 0.0241. The van der Waals surface area contributed by atoms with E-state index >= 15 is 0 Å². The predicted octanol–water partition coefficient (Wildman–Crippen LogP) is 1.82. The molecule has 0 amide bonds. The van der Waals surface area contributed by atoms with Crippen molar-refractivity contribution in [3.8, 4) is 0 Å². The van der Waals surface area contributed by atoms with Crippen LogP contribution in [0.2, 0.25) is 0 Å². The molecule has 1 heterocycles. The molecule has 1 aromatic carbocycles. The fraction of sp³-hybridized carbons (Fsp3) is 0. The van der Waals surface area contributed by atoms with Gasteiger partial charge in [0.05, 0.1) is 10.4 Å². The zero-order valence-corrected chi connectivity index (χ0v) is 8.41. The highest BCUT2D eigenvalue weighted by Gasteiger charge is 2.16. The fourth-order valence-electron chi connectivity index (χ4n) is 1.19. The number of imidazole rings is 1. The summed E-state index contributed by atoms with van der Waals surface area (Å²) in [7, 11) is 0. The molecule has 0 aliphatic rings. The van der Waals surface area contributed by atoms with Gasteiger partial charge in [0.2, 0.25) is 0 Å². The highest BCUT2D eigenvalue weighted by atomic mass is 79.9. The monoisotopic (exact) mass is 256 g/mol. The molecule has 1 aromatic heterocycles. The number of nitro benzene ring substituents is 1. The van der Waals surface area contributed by atoms with E-state index < -0.39 is 4.92 Å². The Morgan fingerprint density at radius 1 is 1.57 bits per heavy atom. The van der Waals surface area contributed by atoms with Crippen molar-refractivity contribution in [3.05, 3.63) is 26.7 Å². The number of halogens is 1. The minimum Gasteiger partial charge on any atom is -0.369 e. The summed E-state index contributed by atoms with van der Waals surface area (Å²) in [5, 5.41) is 10.6. The number of aromatic amines is 1. The number of fused-ring (bicyclic) bond motifs is 1. The second kappa shape index (κ2) is 2.95. The van der Waals surface area contributed by atoms with Crippen molar-refractivity contribution in [3.63, 3.8) is 0 Å². The predicted molar refractivity (Wildman–Crippen MR) is 54.9 cm³/mol. The second-order valence-electron chi connectivity index (χ2n) is 2.67. The summed E-state index contributed by atoms with van der Waals surface area (Å²) in [5.41, 5.74) is 6.54. The lowest BCUT2D eigenvalue weighted by Crippen LogP contribution is -1.89. The Hall–Kier alpha value is -1.63. The SMILES string of the molecule is Nc1nc2c(Br)c([N+](=O)[O-])ccc2[nH]1. The third-order valence-corrected chi connectivity index (χ3v) is 2.57. The molecular weight excluding hydrogens is 252 g/mol. The number of nitrogens with two attached hydrogens (primary N) is 1. The van der Waals surface area contributed by atoms with Crippen molar-refractivity contribution in [2.75, 3.05) is 5.73 Å². The number of anilines is 1.